The Labute approximate surface area is 214 Å². The summed E-state index contributed by atoms with van der Waals surface area (Å²) in [7, 11) is -2.27. The summed E-state index contributed by atoms with van der Waals surface area (Å²) in [5.41, 5.74) is 1.32. The number of likely N-dealkylation sites (N-methyl/N-ethyl adjacent to an activating group) is 1. The summed E-state index contributed by atoms with van der Waals surface area (Å²) in [5.74, 6) is 6.21. The fourth-order valence-corrected chi connectivity index (χ4v) is 5.67. The van der Waals surface area contributed by atoms with Crippen LogP contribution in [0.2, 0.25) is 0 Å². The number of amides is 2. The fourth-order valence-electron chi connectivity index (χ4n) is 3.84. The molecule has 194 valence electrons. The highest BCUT2D eigenvalue weighted by molar-refractivity contribution is 7.89. The number of aliphatic hydroxyl groups is 1. The van der Waals surface area contributed by atoms with Gasteiger partial charge in [-0.15, -0.1) is 0 Å². The molecule has 36 heavy (non-hydrogen) atoms. The first-order valence-corrected chi connectivity index (χ1v) is 13.5. The molecule has 0 fully saturated rings. The number of anilines is 1. The third kappa shape index (κ3) is 6.58. The Morgan fingerprint density at radius 2 is 1.92 bits per heavy atom. The van der Waals surface area contributed by atoms with Gasteiger partial charge in [0.15, 0.2) is 0 Å². The van der Waals surface area contributed by atoms with Crippen LogP contribution < -0.4 is 10.1 Å². The summed E-state index contributed by atoms with van der Waals surface area (Å²) >= 11 is 0. The van der Waals surface area contributed by atoms with E-state index < -0.39 is 22.2 Å². The third-order valence-electron chi connectivity index (χ3n) is 6.00. The lowest BCUT2D eigenvalue weighted by Crippen LogP contribution is -2.50. The van der Waals surface area contributed by atoms with E-state index in [1.54, 1.807) is 38.2 Å². The van der Waals surface area contributed by atoms with Crippen LogP contribution in [0.4, 0.5) is 10.5 Å². The first-order chi connectivity index (χ1) is 17.0. The van der Waals surface area contributed by atoms with Crippen LogP contribution in [0.5, 0.6) is 5.75 Å². The molecule has 1 aliphatic rings. The van der Waals surface area contributed by atoms with Gasteiger partial charge in [-0.1, -0.05) is 50.8 Å². The van der Waals surface area contributed by atoms with E-state index in [0.717, 1.165) is 0 Å². The van der Waals surface area contributed by atoms with Crippen LogP contribution in [-0.2, 0) is 10.0 Å². The Morgan fingerprint density at radius 1 is 1.22 bits per heavy atom. The summed E-state index contributed by atoms with van der Waals surface area (Å²) in [6, 6.07) is 13.0. The number of hydrogen-bond acceptors (Lipinski definition) is 5. The van der Waals surface area contributed by atoms with Crippen LogP contribution in [0.3, 0.4) is 0 Å². The number of urea groups is 1. The van der Waals surface area contributed by atoms with Crippen molar-refractivity contribution in [2.24, 2.45) is 11.8 Å². The van der Waals surface area contributed by atoms with Crippen LogP contribution in [0.1, 0.15) is 33.3 Å². The number of carbonyl (C=O) groups excluding carboxylic acids is 1. The highest BCUT2D eigenvalue weighted by atomic mass is 32.2. The predicted molar refractivity (Wildman–Crippen MR) is 140 cm³/mol. The third-order valence-corrected chi connectivity index (χ3v) is 8.02. The van der Waals surface area contributed by atoms with Crippen LogP contribution in [0.15, 0.2) is 53.4 Å². The van der Waals surface area contributed by atoms with Gasteiger partial charge in [0.05, 0.1) is 13.2 Å². The molecule has 0 spiro atoms. The molecule has 2 aromatic rings. The van der Waals surface area contributed by atoms with Gasteiger partial charge in [0.1, 0.15) is 16.7 Å². The van der Waals surface area contributed by atoms with E-state index in [-0.39, 0.29) is 48.2 Å². The smallest absolute Gasteiger partial charge is 0.321 e. The standard InChI is InChI=1S/C27H35N3O5S/c1-19(2)11-12-22-13-14-26-24(15-22)35-25(20(3)16-30(21(4)18-31)36(26,33)34)17-29(5)27(32)28-23-9-7-6-8-10-23/h6-10,13-15,19-21,25,31H,16-18H2,1-5H3,(H,28,32)/t20-,21-,25-/m0/s1. The number of aliphatic hydroxyl groups excluding tert-OH is 1. The van der Waals surface area contributed by atoms with Gasteiger partial charge in [-0.2, -0.15) is 4.31 Å². The lowest BCUT2D eigenvalue weighted by molar-refractivity contribution is 0.0830. The number of benzene rings is 2. The Balaban J connectivity index is 1.96. The average Bonchev–Trinajstić information content (AvgIpc) is 2.84. The lowest BCUT2D eigenvalue weighted by Gasteiger charge is -2.37. The van der Waals surface area contributed by atoms with Gasteiger partial charge in [0.25, 0.3) is 0 Å². The highest BCUT2D eigenvalue weighted by Gasteiger charge is 2.38. The molecule has 3 rings (SSSR count). The van der Waals surface area contributed by atoms with Gasteiger partial charge in [0, 0.05) is 42.7 Å². The Kier molecular flexibility index (Phi) is 9.01. The van der Waals surface area contributed by atoms with Gasteiger partial charge in [0.2, 0.25) is 10.0 Å². The van der Waals surface area contributed by atoms with Crippen molar-refractivity contribution in [2.75, 3.05) is 32.1 Å². The van der Waals surface area contributed by atoms with E-state index in [1.807, 2.05) is 39.0 Å². The van der Waals surface area contributed by atoms with E-state index in [0.29, 0.717) is 11.3 Å². The van der Waals surface area contributed by atoms with E-state index in [1.165, 1.54) is 15.3 Å². The number of sulfonamides is 1. The molecular formula is C27H35N3O5S. The first-order valence-electron chi connectivity index (χ1n) is 12.0. The number of fused-ring (bicyclic) bond motifs is 1. The number of rotatable bonds is 5. The van der Waals surface area contributed by atoms with Crippen LogP contribution in [0, 0.1) is 23.7 Å². The van der Waals surface area contributed by atoms with Gasteiger partial charge in [-0.05, 0) is 37.3 Å². The van der Waals surface area contributed by atoms with Gasteiger partial charge >= 0.3 is 6.03 Å². The molecule has 2 amide bonds. The minimum absolute atomic E-state index is 0.0196. The number of para-hydroxylation sites is 1. The van der Waals surface area contributed by atoms with Gasteiger partial charge < -0.3 is 20.1 Å². The lowest BCUT2D eigenvalue weighted by atomic mass is 10.0. The number of carbonyl (C=O) groups is 1. The highest BCUT2D eigenvalue weighted by Crippen LogP contribution is 2.34. The Bertz CT molecular complexity index is 1220. The van der Waals surface area contributed by atoms with Crippen LogP contribution >= 0.6 is 0 Å². The van der Waals surface area contributed by atoms with E-state index >= 15 is 0 Å². The molecule has 1 aliphatic heterocycles. The Morgan fingerprint density at radius 3 is 2.56 bits per heavy atom. The maximum Gasteiger partial charge on any atom is 0.321 e. The molecule has 1 heterocycles. The topological polar surface area (TPSA) is 99.2 Å². The van der Waals surface area contributed by atoms with Crippen LogP contribution in [-0.4, -0.2) is 67.7 Å². The molecule has 0 unspecified atom stereocenters. The maximum absolute atomic E-state index is 13.6. The zero-order valence-electron chi connectivity index (χ0n) is 21.4. The second-order valence-corrected chi connectivity index (χ2v) is 11.4. The molecule has 0 saturated carbocycles. The molecule has 2 aromatic carbocycles. The maximum atomic E-state index is 13.6. The van der Waals surface area contributed by atoms with Crippen molar-refractivity contribution in [1.29, 1.82) is 0 Å². The number of nitrogens with one attached hydrogen (secondary N) is 1. The fraction of sp³-hybridized carbons (Fsp3) is 0.444. The van der Waals surface area contributed by atoms with E-state index in [4.69, 9.17) is 4.74 Å². The largest absolute Gasteiger partial charge is 0.487 e. The van der Waals surface area contributed by atoms with Crippen molar-refractivity contribution < 1.29 is 23.1 Å². The molecule has 2 N–H and O–H groups in total. The zero-order chi connectivity index (χ0) is 26.5. The van der Waals surface area contributed by atoms with Gasteiger partial charge in [-0.3, -0.25) is 0 Å². The van der Waals surface area contributed by atoms with Crippen molar-refractivity contribution in [1.82, 2.24) is 9.21 Å². The van der Waals surface area contributed by atoms with Crippen LogP contribution in [0.25, 0.3) is 0 Å². The molecule has 0 aromatic heterocycles. The summed E-state index contributed by atoms with van der Waals surface area (Å²) in [6.07, 6.45) is -0.507. The first kappa shape index (κ1) is 27.5. The van der Waals surface area contributed by atoms with E-state index in [9.17, 15) is 18.3 Å². The predicted octanol–water partition coefficient (Wildman–Crippen LogP) is 3.63. The SMILES string of the molecule is CC(C)C#Cc1ccc2c(c1)O[C@@H](CN(C)C(=O)Nc1ccccc1)[C@@H](C)CN([C@@H](C)CO)S2(=O)=O. The van der Waals surface area contributed by atoms with Crippen molar-refractivity contribution >= 4 is 21.7 Å². The van der Waals surface area contributed by atoms with Crippen molar-refractivity contribution in [3.05, 3.63) is 54.1 Å². The minimum Gasteiger partial charge on any atom is -0.487 e. The zero-order valence-corrected chi connectivity index (χ0v) is 22.2. The summed E-state index contributed by atoms with van der Waals surface area (Å²) in [5, 5.41) is 12.6. The molecule has 9 heteroatoms. The second-order valence-electron chi connectivity index (χ2n) is 9.50. The summed E-state index contributed by atoms with van der Waals surface area (Å²) in [4.78, 5) is 14.4. The number of ether oxygens (including phenoxy) is 1. The van der Waals surface area contributed by atoms with Crippen molar-refractivity contribution in [3.8, 4) is 17.6 Å². The summed E-state index contributed by atoms with van der Waals surface area (Å²) < 4.78 is 34.8. The number of nitrogens with zero attached hydrogens (tertiary/aromatic N) is 2. The Hall–Kier alpha value is -3.06. The van der Waals surface area contributed by atoms with Crippen molar-refractivity contribution in [2.45, 2.75) is 44.7 Å². The molecule has 0 radical (unpaired) electrons. The molecule has 8 nitrogen and oxygen atoms in total. The molecule has 3 atom stereocenters. The summed E-state index contributed by atoms with van der Waals surface area (Å²) in [6.45, 7) is 7.55. The molecule has 0 bridgehead atoms. The molecule has 0 saturated heterocycles. The quantitative estimate of drug-likeness (QED) is 0.595. The van der Waals surface area contributed by atoms with Crippen molar-refractivity contribution in [3.63, 3.8) is 0 Å². The second kappa shape index (κ2) is 11.8. The normalized spacial score (nSPS) is 20.1. The number of hydrogen-bond donors (Lipinski definition) is 2. The minimum atomic E-state index is -3.94. The monoisotopic (exact) mass is 513 g/mol. The average molecular weight is 514 g/mol. The van der Waals surface area contributed by atoms with Gasteiger partial charge in [-0.25, -0.2) is 13.2 Å². The molecular weight excluding hydrogens is 478 g/mol. The van der Waals surface area contributed by atoms with E-state index in [2.05, 4.69) is 17.2 Å². The molecule has 0 aliphatic carbocycles.